The maximum absolute atomic E-state index is 10.2. The SMILES string of the molecule is CCCCCCCCC=CCCCCCCCC(=O)[O-].[Cs+]. The van der Waals surface area contributed by atoms with Crippen LogP contribution in [0, 0.1) is 0 Å². The number of unbranched alkanes of at least 4 members (excludes halogenated alkanes) is 11. The van der Waals surface area contributed by atoms with E-state index in [0.29, 0.717) is 0 Å². The molecule has 0 aromatic heterocycles. The van der Waals surface area contributed by atoms with E-state index in [1.165, 1.54) is 64.2 Å². The fourth-order valence-corrected chi connectivity index (χ4v) is 2.34. The van der Waals surface area contributed by atoms with E-state index < -0.39 is 5.97 Å². The average molecular weight is 414 g/mol. The summed E-state index contributed by atoms with van der Waals surface area (Å²) in [6.45, 7) is 2.26. The number of carbonyl (C=O) groups excluding carboxylic acids is 1. The van der Waals surface area contributed by atoms with Crippen LogP contribution in [0.15, 0.2) is 12.2 Å². The Hall–Kier alpha value is 1.26. The number of allylic oxidation sites excluding steroid dienone is 2. The second-order valence-electron chi connectivity index (χ2n) is 5.71. The molecule has 0 aliphatic carbocycles. The Kier molecular flexibility index (Phi) is 24.8. The van der Waals surface area contributed by atoms with Crippen molar-refractivity contribution in [1.29, 1.82) is 0 Å². The second kappa shape index (κ2) is 21.3. The first kappa shape index (κ1) is 24.5. The van der Waals surface area contributed by atoms with Crippen molar-refractivity contribution in [3.8, 4) is 0 Å². The normalized spacial score (nSPS) is 10.7. The first-order valence-electron chi connectivity index (χ1n) is 8.62. The summed E-state index contributed by atoms with van der Waals surface area (Å²) in [6, 6.07) is 0. The van der Waals surface area contributed by atoms with Crippen LogP contribution in [0.5, 0.6) is 0 Å². The van der Waals surface area contributed by atoms with Gasteiger partial charge in [0, 0.05) is 5.97 Å². The van der Waals surface area contributed by atoms with Crippen LogP contribution in [0.25, 0.3) is 0 Å². The van der Waals surface area contributed by atoms with Gasteiger partial charge in [-0.25, -0.2) is 0 Å². The number of hydrogen-bond donors (Lipinski definition) is 0. The Morgan fingerprint density at radius 3 is 1.67 bits per heavy atom. The number of rotatable bonds is 15. The molecule has 0 aliphatic heterocycles. The van der Waals surface area contributed by atoms with Gasteiger partial charge in [0.05, 0.1) is 0 Å². The van der Waals surface area contributed by atoms with Gasteiger partial charge in [-0.1, -0.05) is 70.4 Å². The summed E-state index contributed by atoms with van der Waals surface area (Å²) in [6.07, 6.45) is 20.9. The Balaban J connectivity index is 0. The summed E-state index contributed by atoms with van der Waals surface area (Å²) in [5.41, 5.74) is 0. The monoisotopic (exact) mass is 414 g/mol. The average Bonchev–Trinajstić information content (AvgIpc) is 2.43. The molecule has 0 saturated heterocycles. The van der Waals surface area contributed by atoms with Gasteiger partial charge in [0.2, 0.25) is 0 Å². The Bertz CT molecular complexity index is 239. The van der Waals surface area contributed by atoms with Crippen LogP contribution in [0.1, 0.15) is 96.8 Å². The molecule has 0 aromatic rings. The molecule has 0 saturated carbocycles. The molecule has 0 radical (unpaired) electrons. The molecule has 0 heterocycles. The summed E-state index contributed by atoms with van der Waals surface area (Å²) < 4.78 is 0. The first-order chi connectivity index (χ1) is 9.77. The van der Waals surface area contributed by atoms with Gasteiger partial charge in [-0.2, -0.15) is 0 Å². The van der Waals surface area contributed by atoms with Crippen molar-refractivity contribution in [1.82, 2.24) is 0 Å². The van der Waals surface area contributed by atoms with Crippen molar-refractivity contribution in [3.63, 3.8) is 0 Å². The maximum Gasteiger partial charge on any atom is 1.00 e. The van der Waals surface area contributed by atoms with E-state index in [4.69, 9.17) is 0 Å². The second-order valence-corrected chi connectivity index (χ2v) is 5.71. The van der Waals surface area contributed by atoms with Crippen molar-refractivity contribution >= 4 is 5.97 Å². The van der Waals surface area contributed by atoms with Crippen molar-refractivity contribution in [3.05, 3.63) is 12.2 Å². The zero-order valence-electron chi connectivity index (χ0n) is 14.4. The van der Waals surface area contributed by atoms with Crippen LogP contribution in [-0.4, -0.2) is 5.97 Å². The van der Waals surface area contributed by atoms with E-state index in [1.807, 2.05) is 0 Å². The number of carboxylic acids is 1. The number of carboxylic acid groups (broad SMARTS) is 1. The molecule has 0 fully saturated rings. The van der Waals surface area contributed by atoms with Crippen LogP contribution < -0.4 is 74.0 Å². The predicted molar refractivity (Wildman–Crippen MR) is 84.5 cm³/mol. The predicted octanol–water partition coefficient (Wildman–Crippen LogP) is 1.78. The maximum atomic E-state index is 10.2. The molecule has 21 heavy (non-hydrogen) atoms. The molecule has 0 unspecified atom stereocenters. The number of carbonyl (C=O) groups is 1. The molecule has 0 aliphatic rings. The third-order valence-corrected chi connectivity index (χ3v) is 3.64. The molecule has 0 rings (SSSR count). The molecule has 0 spiro atoms. The molecule has 0 N–H and O–H groups in total. The molecule has 0 aromatic carbocycles. The van der Waals surface area contributed by atoms with Crippen molar-refractivity contribution in [2.24, 2.45) is 0 Å². The van der Waals surface area contributed by atoms with Crippen molar-refractivity contribution < 1.29 is 78.8 Å². The Morgan fingerprint density at radius 2 is 1.19 bits per heavy atom. The van der Waals surface area contributed by atoms with Crippen LogP contribution in [0.3, 0.4) is 0 Å². The number of aliphatic carboxylic acids is 1. The van der Waals surface area contributed by atoms with Gasteiger partial charge in [-0.3, -0.25) is 0 Å². The van der Waals surface area contributed by atoms with E-state index in [1.54, 1.807) is 0 Å². The van der Waals surface area contributed by atoms with Gasteiger partial charge in [0.25, 0.3) is 0 Å². The fourth-order valence-electron chi connectivity index (χ4n) is 2.34. The van der Waals surface area contributed by atoms with E-state index in [9.17, 15) is 9.90 Å². The zero-order chi connectivity index (χ0) is 14.9. The smallest absolute Gasteiger partial charge is 0.550 e. The summed E-state index contributed by atoms with van der Waals surface area (Å²) in [7, 11) is 0. The topological polar surface area (TPSA) is 40.1 Å². The van der Waals surface area contributed by atoms with E-state index in [0.717, 1.165) is 19.3 Å². The van der Waals surface area contributed by atoms with E-state index in [-0.39, 0.29) is 75.3 Å². The summed E-state index contributed by atoms with van der Waals surface area (Å²) in [4.78, 5) is 10.2. The molecule has 0 atom stereocenters. The molecule has 2 nitrogen and oxygen atoms in total. The minimum atomic E-state index is -0.914. The van der Waals surface area contributed by atoms with E-state index >= 15 is 0 Å². The Morgan fingerprint density at radius 1 is 0.762 bits per heavy atom. The zero-order valence-corrected chi connectivity index (χ0v) is 20.7. The summed E-state index contributed by atoms with van der Waals surface area (Å²) >= 11 is 0. The first-order valence-corrected chi connectivity index (χ1v) is 8.62. The van der Waals surface area contributed by atoms with Crippen LogP contribution in [-0.2, 0) is 4.79 Å². The van der Waals surface area contributed by atoms with Crippen LogP contribution in [0.4, 0.5) is 0 Å². The van der Waals surface area contributed by atoms with Gasteiger partial charge in [-0.05, 0) is 38.5 Å². The third-order valence-electron chi connectivity index (χ3n) is 3.64. The molecular formula is C18H33CsO2. The van der Waals surface area contributed by atoms with Gasteiger partial charge in [0.1, 0.15) is 0 Å². The van der Waals surface area contributed by atoms with Crippen molar-refractivity contribution in [2.45, 2.75) is 96.8 Å². The standard InChI is InChI=1S/C18H34O2.Cs/c1-2-3-4-5-6-7-8-9-10-11-12-13-14-15-16-17-18(19)20;/h9-10H,2-8,11-17H2,1H3,(H,19,20);/q;+1/p-1. The minimum Gasteiger partial charge on any atom is -0.550 e. The van der Waals surface area contributed by atoms with Gasteiger partial charge in [0.15, 0.2) is 0 Å². The molecule has 118 valence electrons. The molecule has 0 bridgehead atoms. The van der Waals surface area contributed by atoms with E-state index in [2.05, 4.69) is 19.1 Å². The van der Waals surface area contributed by atoms with Gasteiger partial charge in [-0.15, -0.1) is 0 Å². The molecule has 3 heteroatoms. The minimum absolute atomic E-state index is 0. The Labute approximate surface area is 191 Å². The molecule has 0 amide bonds. The largest absolute Gasteiger partial charge is 1.00 e. The third kappa shape index (κ3) is 23.7. The van der Waals surface area contributed by atoms with Crippen LogP contribution in [0.2, 0.25) is 0 Å². The quantitative estimate of drug-likeness (QED) is 0.303. The van der Waals surface area contributed by atoms with Crippen LogP contribution >= 0.6 is 0 Å². The fraction of sp³-hybridized carbons (Fsp3) is 0.833. The summed E-state index contributed by atoms with van der Waals surface area (Å²) in [5, 5.41) is 10.2. The van der Waals surface area contributed by atoms with Gasteiger partial charge < -0.3 is 9.90 Å². The molecular weight excluding hydrogens is 381 g/mol. The summed E-state index contributed by atoms with van der Waals surface area (Å²) in [5.74, 6) is -0.914. The number of hydrogen-bond acceptors (Lipinski definition) is 2. The van der Waals surface area contributed by atoms with Crippen molar-refractivity contribution in [2.75, 3.05) is 0 Å². The van der Waals surface area contributed by atoms with Gasteiger partial charge >= 0.3 is 68.9 Å².